The SMILES string of the molecule is CC(C)CC[C@@H](C(=O)N1CCC[C@H]1C(O)(c1ccccc1)c1ccccc1)[Si](C)(C)C. The molecule has 1 heterocycles. The second-order valence-corrected chi connectivity index (χ2v) is 16.0. The van der Waals surface area contributed by atoms with Crippen LogP contribution >= 0.6 is 0 Å². The third kappa shape index (κ3) is 5.12. The van der Waals surface area contributed by atoms with Crippen molar-refractivity contribution in [2.24, 2.45) is 5.92 Å². The second kappa shape index (κ2) is 9.70. The topological polar surface area (TPSA) is 40.5 Å². The summed E-state index contributed by atoms with van der Waals surface area (Å²) in [6, 6.07) is 19.5. The lowest BCUT2D eigenvalue weighted by atomic mass is 9.79. The number of nitrogens with zero attached hydrogens (tertiary/aromatic N) is 1. The molecule has 1 aliphatic rings. The van der Waals surface area contributed by atoms with E-state index in [2.05, 4.69) is 33.5 Å². The summed E-state index contributed by atoms with van der Waals surface area (Å²) in [6.45, 7) is 12.1. The van der Waals surface area contributed by atoms with Gasteiger partial charge in [-0.15, -0.1) is 0 Å². The number of carbonyl (C=O) groups is 1. The molecule has 31 heavy (non-hydrogen) atoms. The average molecular weight is 438 g/mol. The molecule has 2 aromatic carbocycles. The highest BCUT2D eigenvalue weighted by Gasteiger charge is 2.49. The first-order chi connectivity index (χ1) is 14.7. The molecule has 1 saturated heterocycles. The Kier molecular flexibility index (Phi) is 7.43. The Hall–Kier alpha value is -1.91. The van der Waals surface area contributed by atoms with Crippen molar-refractivity contribution < 1.29 is 9.90 Å². The van der Waals surface area contributed by atoms with Crippen molar-refractivity contribution in [3.8, 4) is 0 Å². The van der Waals surface area contributed by atoms with Crippen LogP contribution < -0.4 is 0 Å². The van der Waals surface area contributed by atoms with Gasteiger partial charge in [0, 0.05) is 12.1 Å². The van der Waals surface area contributed by atoms with Crippen molar-refractivity contribution >= 4 is 14.0 Å². The van der Waals surface area contributed by atoms with Crippen LogP contribution in [-0.2, 0) is 10.4 Å². The van der Waals surface area contributed by atoms with Gasteiger partial charge in [0.25, 0.3) is 0 Å². The van der Waals surface area contributed by atoms with Crippen LogP contribution in [0.15, 0.2) is 60.7 Å². The first-order valence-electron chi connectivity index (χ1n) is 11.8. The van der Waals surface area contributed by atoms with Crippen LogP contribution in [-0.4, -0.2) is 36.6 Å². The standard InChI is InChI=1S/C27H39NO2Si/c1-21(2)18-19-24(31(3,4)5)26(29)28-20-12-17-25(28)27(30,22-13-8-6-9-14-22)23-15-10-7-11-16-23/h6-11,13-16,21,24-25,30H,12,17-20H2,1-5H3/t24-,25-/m0/s1. The zero-order chi connectivity index (χ0) is 22.6. The number of likely N-dealkylation sites (tertiary alicyclic amines) is 1. The Morgan fingerprint density at radius 3 is 1.97 bits per heavy atom. The summed E-state index contributed by atoms with van der Waals surface area (Å²) >= 11 is 0. The van der Waals surface area contributed by atoms with Crippen LogP contribution in [0, 0.1) is 5.92 Å². The van der Waals surface area contributed by atoms with Crippen molar-refractivity contribution in [1.82, 2.24) is 4.90 Å². The highest BCUT2D eigenvalue weighted by atomic mass is 28.3. The van der Waals surface area contributed by atoms with Crippen LogP contribution in [0.3, 0.4) is 0 Å². The summed E-state index contributed by atoms with van der Waals surface area (Å²) in [7, 11) is -1.70. The zero-order valence-corrected chi connectivity index (χ0v) is 20.8. The summed E-state index contributed by atoms with van der Waals surface area (Å²) in [5, 5.41) is 12.3. The number of aliphatic hydroxyl groups is 1. The maximum absolute atomic E-state index is 14.0. The maximum Gasteiger partial charge on any atom is 0.223 e. The van der Waals surface area contributed by atoms with Gasteiger partial charge in [0.2, 0.25) is 5.91 Å². The van der Waals surface area contributed by atoms with Crippen molar-refractivity contribution in [3.05, 3.63) is 71.8 Å². The molecule has 1 N–H and O–H groups in total. The largest absolute Gasteiger partial charge is 0.378 e. The van der Waals surface area contributed by atoms with E-state index in [1.807, 2.05) is 65.6 Å². The summed E-state index contributed by atoms with van der Waals surface area (Å²) in [5.41, 5.74) is 0.595. The molecule has 1 fully saturated rings. The summed E-state index contributed by atoms with van der Waals surface area (Å²) < 4.78 is 0. The fourth-order valence-electron chi connectivity index (χ4n) is 5.03. The van der Waals surface area contributed by atoms with E-state index in [1.54, 1.807) is 0 Å². The number of benzene rings is 2. The Morgan fingerprint density at radius 2 is 1.52 bits per heavy atom. The van der Waals surface area contributed by atoms with E-state index in [0.717, 1.165) is 43.4 Å². The molecule has 3 nitrogen and oxygen atoms in total. The van der Waals surface area contributed by atoms with E-state index in [-0.39, 0.29) is 17.5 Å². The van der Waals surface area contributed by atoms with Gasteiger partial charge in [0.15, 0.2) is 0 Å². The molecule has 0 aromatic heterocycles. The minimum atomic E-state index is -1.70. The van der Waals surface area contributed by atoms with E-state index in [0.29, 0.717) is 5.92 Å². The minimum absolute atomic E-state index is 0.0892. The smallest absolute Gasteiger partial charge is 0.223 e. The van der Waals surface area contributed by atoms with Crippen molar-refractivity contribution in [3.63, 3.8) is 0 Å². The Morgan fingerprint density at radius 1 is 1.00 bits per heavy atom. The van der Waals surface area contributed by atoms with Gasteiger partial charge in [-0.05, 0) is 36.3 Å². The molecule has 4 heteroatoms. The zero-order valence-electron chi connectivity index (χ0n) is 19.8. The summed E-state index contributed by atoms with van der Waals surface area (Å²) in [5.74, 6) is 0.846. The Labute approximate surface area is 189 Å². The second-order valence-electron chi connectivity index (χ2n) is 10.6. The van der Waals surface area contributed by atoms with E-state index in [1.165, 1.54) is 0 Å². The molecule has 2 aromatic rings. The van der Waals surface area contributed by atoms with Crippen LogP contribution in [0.4, 0.5) is 0 Å². The molecule has 0 saturated carbocycles. The van der Waals surface area contributed by atoms with Crippen molar-refractivity contribution in [2.75, 3.05) is 6.54 Å². The van der Waals surface area contributed by atoms with Crippen LogP contribution in [0.25, 0.3) is 0 Å². The predicted octanol–water partition coefficient (Wildman–Crippen LogP) is 6.06. The highest BCUT2D eigenvalue weighted by Crippen LogP contribution is 2.42. The predicted molar refractivity (Wildman–Crippen MR) is 132 cm³/mol. The molecule has 0 unspecified atom stereocenters. The molecule has 3 rings (SSSR count). The highest BCUT2D eigenvalue weighted by molar-refractivity contribution is 6.80. The third-order valence-electron chi connectivity index (χ3n) is 6.82. The maximum atomic E-state index is 14.0. The molecular formula is C27H39NO2Si. The number of carbonyl (C=O) groups excluding carboxylic acids is 1. The molecule has 0 radical (unpaired) electrons. The van der Waals surface area contributed by atoms with Crippen molar-refractivity contribution in [1.29, 1.82) is 0 Å². The van der Waals surface area contributed by atoms with Gasteiger partial charge in [-0.25, -0.2) is 0 Å². The lowest BCUT2D eigenvalue weighted by Gasteiger charge is -2.42. The monoisotopic (exact) mass is 437 g/mol. The number of hydrogen-bond acceptors (Lipinski definition) is 2. The van der Waals surface area contributed by atoms with Crippen LogP contribution in [0.5, 0.6) is 0 Å². The molecule has 2 atom stereocenters. The van der Waals surface area contributed by atoms with E-state index < -0.39 is 13.7 Å². The summed E-state index contributed by atoms with van der Waals surface area (Å²) in [6.07, 6.45) is 3.76. The van der Waals surface area contributed by atoms with Crippen LogP contribution in [0.2, 0.25) is 25.2 Å². The number of rotatable bonds is 8. The van der Waals surface area contributed by atoms with Gasteiger partial charge in [-0.1, -0.05) is 101 Å². The van der Waals surface area contributed by atoms with Gasteiger partial charge >= 0.3 is 0 Å². The van der Waals surface area contributed by atoms with E-state index in [9.17, 15) is 9.90 Å². The van der Waals surface area contributed by atoms with Gasteiger partial charge in [-0.3, -0.25) is 4.79 Å². The summed E-state index contributed by atoms with van der Waals surface area (Å²) in [4.78, 5) is 16.0. The molecule has 1 aliphatic heterocycles. The Bertz CT molecular complexity index is 805. The molecular weight excluding hydrogens is 398 g/mol. The van der Waals surface area contributed by atoms with Gasteiger partial charge in [0.05, 0.1) is 14.1 Å². The van der Waals surface area contributed by atoms with E-state index in [4.69, 9.17) is 0 Å². The van der Waals surface area contributed by atoms with Gasteiger partial charge in [0.1, 0.15) is 5.60 Å². The molecule has 1 amide bonds. The van der Waals surface area contributed by atoms with Gasteiger partial charge < -0.3 is 10.0 Å². The fourth-order valence-corrected chi connectivity index (χ4v) is 6.97. The third-order valence-corrected chi connectivity index (χ3v) is 9.45. The lowest BCUT2D eigenvalue weighted by Crippen LogP contribution is -2.53. The fraction of sp³-hybridized carbons (Fsp3) is 0.519. The van der Waals surface area contributed by atoms with Crippen LogP contribution in [0.1, 0.15) is 50.7 Å². The molecule has 0 aliphatic carbocycles. The van der Waals surface area contributed by atoms with E-state index >= 15 is 0 Å². The molecule has 0 bridgehead atoms. The molecule has 168 valence electrons. The van der Waals surface area contributed by atoms with Crippen molar-refractivity contribution in [2.45, 2.75) is 76.4 Å². The quantitative estimate of drug-likeness (QED) is 0.510. The normalized spacial score (nSPS) is 18.4. The number of amides is 1. The first-order valence-corrected chi connectivity index (χ1v) is 15.4. The Balaban J connectivity index is 2.01. The average Bonchev–Trinajstić information content (AvgIpc) is 3.24. The number of hydrogen-bond donors (Lipinski definition) is 1. The first kappa shape index (κ1) is 23.7. The lowest BCUT2D eigenvalue weighted by molar-refractivity contribution is -0.137. The van der Waals surface area contributed by atoms with Gasteiger partial charge in [-0.2, -0.15) is 0 Å². The molecule has 0 spiro atoms. The minimum Gasteiger partial charge on any atom is -0.378 e.